The molecule has 0 unspecified atom stereocenters. The summed E-state index contributed by atoms with van der Waals surface area (Å²) in [6.07, 6.45) is 0. The van der Waals surface area contributed by atoms with Crippen molar-refractivity contribution in [1.29, 1.82) is 0 Å². The van der Waals surface area contributed by atoms with Crippen LogP contribution in [-0.2, 0) is 20.0 Å². The smallest absolute Gasteiger partial charge is 0.261 e. The van der Waals surface area contributed by atoms with Gasteiger partial charge in [0.05, 0.1) is 27.1 Å². The average molecular weight is 467 g/mol. The summed E-state index contributed by atoms with van der Waals surface area (Å²) in [5, 5.41) is 11.3. The van der Waals surface area contributed by atoms with E-state index in [0.717, 1.165) is 66.7 Å². The summed E-state index contributed by atoms with van der Waals surface area (Å²) in [4.78, 5) is 10.7. The molecule has 0 fully saturated rings. The van der Waals surface area contributed by atoms with Gasteiger partial charge >= 0.3 is 0 Å². The molecule has 0 bridgehead atoms. The molecule has 0 aromatic heterocycles. The summed E-state index contributed by atoms with van der Waals surface area (Å²) in [6.45, 7) is 0. The number of sulfonamides is 2. The van der Waals surface area contributed by atoms with Gasteiger partial charge < -0.3 is 9.90 Å². The highest BCUT2D eigenvalue weighted by Gasteiger charge is 2.18. The molecule has 12 heteroatoms. The van der Waals surface area contributed by atoms with Crippen LogP contribution in [-0.4, -0.2) is 22.8 Å². The molecule has 3 aromatic carbocycles. The maximum Gasteiger partial charge on any atom is 0.261 e. The molecule has 0 spiro atoms. The predicted octanol–water partition coefficient (Wildman–Crippen LogP) is 1.93. The van der Waals surface area contributed by atoms with Gasteiger partial charge in [0, 0.05) is 5.56 Å². The quantitative estimate of drug-likeness (QED) is 0.546. The van der Waals surface area contributed by atoms with Crippen LogP contribution in [0.3, 0.4) is 0 Å². The Kier molecular flexibility index (Phi) is 5.95. The van der Waals surface area contributed by atoms with E-state index in [1.165, 1.54) is 0 Å². The fraction of sp³-hybridized carbons (Fsp3) is 0. The largest absolute Gasteiger partial charge is 0.545 e. The van der Waals surface area contributed by atoms with Crippen LogP contribution in [0.1, 0.15) is 10.4 Å². The number of hydrogen-bond donors (Lipinski definition) is 2. The lowest BCUT2D eigenvalue weighted by atomic mass is 10.2. The zero-order valence-electron chi connectivity index (χ0n) is 15.4. The Morgan fingerprint density at radius 2 is 1.03 bits per heavy atom. The van der Waals surface area contributed by atoms with Crippen LogP contribution in [0.15, 0.2) is 76.5 Å². The molecule has 0 radical (unpaired) electrons. The first kappa shape index (κ1) is 22.2. The first-order valence-corrected chi connectivity index (χ1v) is 11.4. The van der Waals surface area contributed by atoms with Gasteiger partial charge in [-0.3, -0.25) is 9.44 Å². The van der Waals surface area contributed by atoms with E-state index in [2.05, 4.69) is 9.44 Å². The van der Waals surface area contributed by atoms with Crippen LogP contribution in [0.25, 0.3) is 0 Å². The Bertz CT molecular complexity index is 1250. The van der Waals surface area contributed by atoms with Gasteiger partial charge in [0.1, 0.15) is 11.6 Å². The third-order valence-corrected chi connectivity index (χ3v) is 6.72. The zero-order chi connectivity index (χ0) is 22.8. The molecule has 0 aliphatic carbocycles. The number of carboxylic acids is 1. The molecule has 2 N–H and O–H groups in total. The minimum atomic E-state index is -4.24. The molecule has 162 valence electrons. The van der Waals surface area contributed by atoms with Crippen molar-refractivity contribution in [3.8, 4) is 0 Å². The van der Waals surface area contributed by atoms with Crippen molar-refractivity contribution >= 4 is 37.4 Å². The fourth-order valence-electron chi connectivity index (χ4n) is 2.52. The number of aromatic carboxylic acids is 1. The molecule has 0 atom stereocenters. The summed E-state index contributed by atoms with van der Waals surface area (Å²) in [6, 6.07) is 10.6. The first-order valence-electron chi connectivity index (χ1n) is 8.39. The van der Waals surface area contributed by atoms with Crippen LogP contribution >= 0.6 is 0 Å². The van der Waals surface area contributed by atoms with Gasteiger partial charge in [-0.1, -0.05) is 0 Å². The van der Waals surface area contributed by atoms with Crippen LogP contribution in [0.5, 0.6) is 0 Å². The number of anilines is 2. The van der Waals surface area contributed by atoms with Gasteiger partial charge in [-0.2, -0.15) is 0 Å². The van der Waals surface area contributed by atoms with Gasteiger partial charge in [-0.05, 0) is 66.7 Å². The third-order valence-electron chi connectivity index (χ3n) is 3.92. The maximum atomic E-state index is 13.0. The van der Waals surface area contributed by atoms with Crippen LogP contribution < -0.4 is 14.6 Å². The number of hydrogen-bond acceptors (Lipinski definition) is 6. The maximum absolute atomic E-state index is 13.0. The Labute approximate surface area is 176 Å². The van der Waals surface area contributed by atoms with Gasteiger partial charge in [0.2, 0.25) is 0 Å². The fourth-order valence-corrected chi connectivity index (χ4v) is 4.60. The monoisotopic (exact) mass is 467 g/mol. The van der Waals surface area contributed by atoms with Crippen molar-refractivity contribution in [3.05, 3.63) is 83.9 Å². The Balaban J connectivity index is 1.97. The van der Waals surface area contributed by atoms with Crippen LogP contribution in [0, 0.1) is 11.6 Å². The van der Waals surface area contributed by atoms with E-state index < -0.39 is 43.2 Å². The van der Waals surface area contributed by atoms with Crippen molar-refractivity contribution < 1.29 is 35.5 Å². The van der Waals surface area contributed by atoms with E-state index in [9.17, 15) is 35.5 Å². The van der Waals surface area contributed by atoms with E-state index in [1.54, 1.807) is 0 Å². The lowest BCUT2D eigenvalue weighted by Gasteiger charge is -2.14. The second-order valence-electron chi connectivity index (χ2n) is 6.21. The van der Waals surface area contributed by atoms with Gasteiger partial charge in [0.25, 0.3) is 20.0 Å². The topological polar surface area (TPSA) is 132 Å². The number of rotatable bonds is 7. The zero-order valence-corrected chi connectivity index (χ0v) is 17.0. The predicted molar refractivity (Wildman–Crippen MR) is 105 cm³/mol. The number of carboxylic acid groups (broad SMARTS) is 1. The molecule has 3 rings (SSSR count). The summed E-state index contributed by atoms with van der Waals surface area (Å²) >= 11 is 0. The van der Waals surface area contributed by atoms with E-state index in [1.807, 2.05) is 0 Å². The normalized spacial score (nSPS) is 11.7. The number of carbonyl (C=O) groups excluding carboxylic acids is 1. The number of nitrogens with one attached hydrogen (secondary N) is 2. The van der Waals surface area contributed by atoms with Gasteiger partial charge in [-0.15, -0.1) is 0 Å². The highest BCUT2D eigenvalue weighted by atomic mass is 32.2. The summed E-state index contributed by atoms with van der Waals surface area (Å²) in [5.41, 5.74) is -1.10. The van der Waals surface area contributed by atoms with Crippen molar-refractivity contribution in [2.45, 2.75) is 9.79 Å². The molecule has 0 aliphatic heterocycles. The van der Waals surface area contributed by atoms with Crippen LogP contribution in [0.4, 0.5) is 20.2 Å². The number of carbonyl (C=O) groups is 1. The average Bonchev–Trinajstić information content (AvgIpc) is 2.67. The standard InChI is InChI=1S/C19H14F2N2O6S2/c20-13-1-5-17(6-2-13)30(26,27)22-15-9-12(19(24)25)10-16(11-15)23-31(28,29)18-7-3-14(21)4-8-18/h1-11,22-23H,(H,24,25)/p-1. The molecule has 0 heterocycles. The molecule has 0 saturated carbocycles. The van der Waals surface area contributed by atoms with Gasteiger partial charge in [0.15, 0.2) is 0 Å². The molecule has 3 aromatic rings. The first-order chi connectivity index (χ1) is 14.5. The lowest BCUT2D eigenvalue weighted by molar-refractivity contribution is -0.255. The SMILES string of the molecule is O=C([O-])c1cc(NS(=O)(=O)c2ccc(F)cc2)cc(NS(=O)(=O)c2ccc(F)cc2)c1. The van der Waals surface area contributed by atoms with Crippen molar-refractivity contribution in [2.24, 2.45) is 0 Å². The number of halogens is 2. The summed E-state index contributed by atoms with van der Waals surface area (Å²) in [5.74, 6) is -3.00. The molecule has 0 saturated heterocycles. The molecule has 0 aliphatic rings. The molecular weight excluding hydrogens is 454 g/mol. The van der Waals surface area contributed by atoms with E-state index in [0.29, 0.717) is 0 Å². The Hall–Kier alpha value is -3.51. The second kappa shape index (κ2) is 8.32. The Morgan fingerprint density at radius 1 is 0.677 bits per heavy atom. The second-order valence-corrected chi connectivity index (χ2v) is 9.57. The Morgan fingerprint density at radius 3 is 1.35 bits per heavy atom. The highest BCUT2D eigenvalue weighted by Crippen LogP contribution is 2.24. The van der Waals surface area contributed by atoms with E-state index >= 15 is 0 Å². The van der Waals surface area contributed by atoms with E-state index in [-0.39, 0.29) is 21.2 Å². The minimum absolute atomic E-state index is 0.289. The van der Waals surface area contributed by atoms with Crippen LogP contribution in [0.2, 0.25) is 0 Å². The third kappa shape index (κ3) is 5.35. The van der Waals surface area contributed by atoms with Crippen molar-refractivity contribution in [2.75, 3.05) is 9.44 Å². The lowest BCUT2D eigenvalue weighted by Crippen LogP contribution is -2.23. The molecule has 8 nitrogen and oxygen atoms in total. The van der Waals surface area contributed by atoms with Gasteiger partial charge in [-0.25, -0.2) is 25.6 Å². The summed E-state index contributed by atoms with van der Waals surface area (Å²) < 4.78 is 80.2. The molecular formula is C19H13F2N2O6S2-. The number of benzene rings is 3. The molecule has 31 heavy (non-hydrogen) atoms. The van der Waals surface area contributed by atoms with Crippen molar-refractivity contribution in [1.82, 2.24) is 0 Å². The van der Waals surface area contributed by atoms with E-state index in [4.69, 9.17) is 0 Å². The highest BCUT2D eigenvalue weighted by molar-refractivity contribution is 7.93. The summed E-state index contributed by atoms with van der Waals surface area (Å²) in [7, 11) is -8.48. The molecule has 0 amide bonds. The minimum Gasteiger partial charge on any atom is -0.545 e. The van der Waals surface area contributed by atoms with Crippen molar-refractivity contribution in [3.63, 3.8) is 0 Å².